The van der Waals surface area contributed by atoms with Crippen LogP contribution in [0.3, 0.4) is 0 Å². The standard InChI is InChI=1S/C12H15ClO/c1-4-11-7-10(8-13)5-6-12(11)14-9(2)3/h4-7,9H,1,8H2,2-3H3. The SMILES string of the molecule is C=Cc1cc(CCl)ccc1OC(C)C. The Morgan fingerprint density at radius 2 is 2.21 bits per heavy atom. The Morgan fingerprint density at radius 1 is 1.50 bits per heavy atom. The molecule has 1 rings (SSSR count). The molecule has 0 amide bonds. The third kappa shape index (κ3) is 2.78. The van der Waals surface area contributed by atoms with Crippen molar-refractivity contribution in [2.24, 2.45) is 0 Å². The Kier molecular flexibility index (Phi) is 4.02. The van der Waals surface area contributed by atoms with Gasteiger partial charge in [0.05, 0.1) is 6.10 Å². The van der Waals surface area contributed by atoms with Crippen LogP contribution in [0, 0.1) is 0 Å². The van der Waals surface area contributed by atoms with Crippen LogP contribution in [-0.2, 0) is 5.88 Å². The first-order valence-electron chi connectivity index (χ1n) is 4.65. The van der Waals surface area contributed by atoms with Crippen molar-refractivity contribution in [2.75, 3.05) is 0 Å². The van der Waals surface area contributed by atoms with Gasteiger partial charge in [0.2, 0.25) is 0 Å². The first-order chi connectivity index (χ1) is 6.67. The molecule has 0 saturated carbocycles. The van der Waals surface area contributed by atoms with E-state index in [0.717, 1.165) is 16.9 Å². The molecule has 0 heterocycles. The molecule has 0 N–H and O–H groups in total. The highest BCUT2D eigenvalue weighted by molar-refractivity contribution is 6.17. The van der Waals surface area contributed by atoms with Gasteiger partial charge in [0.15, 0.2) is 0 Å². The fraction of sp³-hybridized carbons (Fsp3) is 0.333. The normalized spacial score (nSPS) is 10.3. The average Bonchev–Trinajstić information content (AvgIpc) is 2.17. The molecule has 1 aromatic carbocycles. The van der Waals surface area contributed by atoms with Gasteiger partial charge >= 0.3 is 0 Å². The minimum atomic E-state index is 0.176. The third-order valence-electron chi connectivity index (χ3n) is 1.81. The van der Waals surface area contributed by atoms with Crippen molar-refractivity contribution < 1.29 is 4.74 Å². The zero-order valence-electron chi connectivity index (χ0n) is 8.59. The average molecular weight is 211 g/mol. The van der Waals surface area contributed by atoms with Crippen LogP contribution in [0.15, 0.2) is 24.8 Å². The van der Waals surface area contributed by atoms with Gasteiger partial charge in [-0.1, -0.05) is 18.7 Å². The van der Waals surface area contributed by atoms with E-state index in [1.807, 2.05) is 32.0 Å². The monoisotopic (exact) mass is 210 g/mol. The van der Waals surface area contributed by atoms with E-state index in [1.54, 1.807) is 6.08 Å². The lowest BCUT2D eigenvalue weighted by Crippen LogP contribution is -2.06. The summed E-state index contributed by atoms with van der Waals surface area (Å²) in [5.74, 6) is 1.38. The predicted octanol–water partition coefficient (Wildman–Crippen LogP) is 3.86. The van der Waals surface area contributed by atoms with E-state index in [4.69, 9.17) is 16.3 Å². The lowest BCUT2D eigenvalue weighted by molar-refractivity contribution is 0.242. The van der Waals surface area contributed by atoms with Crippen molar-refractivity contribution in [3.05, 3.63) is 35.9 Å². The molecular weight excluding hydrogens is 196 g/mol. The molecule has 0 aliphatic heterocycles. The molecule has 76 valence electrons. The number of rotatable bonds is 4. The zero-order chi connectivity index (χ0) is 10.6. The van der Waals surface area contributed by atoms with Gasteiger partial charge in [0.25, 0.3) is 0 Å². The third-order valence-corrected chi connectivity index (χ3v) is 2.12. The van der Waals surface area contributed by atoms with E-state index in [9.17, 15) is 0 Å². The van der Waals surface area contributed by atoms with Crippen molar-refractivity contribution in [1.82, 2.24) is 0 Å². The summed E-state index contributed by atoms with van der Waals surface area (Å²) in [5.41, 5.74) is 2.08. The fourth-order valence-corrected chi connectivity index (χ4v) is 1.37. The Bertz CT molecular complexity index is 318. The van der Waals surface area contributed by atoms with Gasteiger partial charge in [-0.3, -0.25) is 0 Å². The molecule has 14 heavy (non-hydrogen) atoms. The Labute approximate surface area is 90.3 Å². The highest BCUT2D eigenvalue weighted by Crippen LogP contribution is 2.23. The predicted molar refractivity (Wildman–Crippen MR) is 61.9 cm³/mol. The molecule has 1 aromatic rings. The van der Waals surface area contributed by atoms with Crippen molar-refractivity contribution in [1.29, 1.82) is 0 Å². The van der Waals surface area contributed by atoms with E-state index >= 15 is 0 Å². The van der Waals surface area contributed by atoms with Crippen LogP contribution in [-0.4, -0.2) is 6.10 Å². The van der Waals surface area contributed by atoms with Gasteiger partial charge in [-0.05, 0) is 31.5 Å². The van der Waals surface area contributed by atoms with E-state index in [2.05, 4.69) is 6.58 Å². The van der Waals surface area contributed by atoms with Gasteiger partial charge in [-0.2, -0.15) is 0 Å². The summed E-state index contributed by atoms with van der Waals surface area (Å²) in [4.78, 5) is 0. The number of hydrogen-bond acceptors (Lipinski definition) is 1. The maximum absolute atomic E-state index is 5.74. The topological polar surface area (TPSA) is 9.23 Å². The lowest BCUT2D eigenvalue weighted by Gasteiger charge is -2.13. The highest BCUT2D eigenvalue weighted by Gasteiger charge is 2.03. The summed E-state index contributed by atoms with van der Waals surface area (Å²) < 4.78 is 5.62. The van der Waals surface area contributed by atoms with Crippen LogP contribution in [0.5, 0.6) is 5.75 Å². The second-order valence-electron chi connectivity index (χ2n) is 3.38. The first kappa shape index (κ1) is 11.1. The first-order valence-corrected chi connectivity index (χ1v) is 5.18. The zero-order valence-corrected chi connectivity index (χ0v) is 9.34. The number of hydrogen-bond donors (Lipinski definition) is 0. The number of benzene rings is 1. The van der Waals surface area contributed by atoms with Crippen molar-refractivity contribution in [2.45, 2.75) is 25.8 Å². The van der Waals surface area contributed by atoms with Crippen LogP contribution in [0.2, 0.25) is 0 Å². The summed E-state index contributed by atoms with van der Waals surface area (Å²) in [6.07, 6.45) is 1.96. The summed E-state index contributed by atoms with van der Waals surface area (Å²) in [7, 11) is 0. The van der Waals surface area contributed by atoms with Gasteiger partial charge in [-0.25, -0.2) is 0 Å². The summed E-state index contributed by atoms with van der Waals surface area (Å²) in [6, 6.07) is 5.91. The molecule has 0 spiro atoms. The quantitative estimate of drug-likeness (QED) is 0.686. The molecule has 1 nitrogen and oxygen atoms in total. The molecule has 0 aromatic heterocycles. The van der Waals surface area contributed by atoms with Crippen molar-refractivity contribution >= 4 is 17.7 Å². The van der Waals surface area contributed by atoms with Crippen molar-refractivity contribution in [3.8, 4) is 5.75 Å². The maximum atomic E-state index is 5.74. The van der Waals surface area contributed by atoms with Crippen LogP contribution < -0.4 is 4.74 Å². The smallest absolute Gasteiger partial charge is 0.126 e. The van der Waals surface area contributed by atoms with Crippen LogP contribution in [0.1, 0.15) is 25.0 Å². The molecule has 0 radical (unpaired) electrons. The number of alkyl halides is 1. The van der Waals surface area contributed by atoms with E-state index < -0.39 is 0 Å². The summed E-state index contributed by atoms with van der Waals surface area (Å²) in [6.45, 7) is 7.76. The summed E-state index contributed by atoms with van der Waals surface area (Å²) in [5, 5.41) is 0. The Balaban J connectivity index is 2.99. The van der Waals surface area contributed by atoms with Gasteiger partial charge in [0.1, 0.15) is 5.75 Å². The molecule has 0 unspecified atom stereocenters. The van der Waals surface area contributed by atoms with Crippen LogP contribution >= 0.6 is 11.6 Å². The lowest BCUT2D eigenvalue weighted by atomic mass is 10.1. The minimum Gasteiger partial charge on any atom is -0.490 e. The number of halogens is 1. The molecule has 0 aliphatic carbocycles. The highest BCUT2D eigenvalue weighted by atomic mass is 35.5. The molecule has 0 fully saturated rings. The molecule has 0 bridgehead atoms. The van der Waals surface area contributed by atoms with E-state index in [-0.39, 0.29) is 6.10 Å². The Hall–Kier alpha value is -0.950. The van der Waals surface area contributed by atoms with Crippen LogP contribution in [0.4, 0.5) is 0 Å². The van der Waals surface area contributed by atoms with Gasteiger partial charge < -0.3 is 4.74 Å². The minimum absolute atomic E-state index is 0.176. The second kappa shape index (κ2) is 5.06. The second-order valence-corrected chi connectivity index (χ2v) is 3.64. The molecule has 0 aliphatic rings. The largest absolute Gasteiger partial charge is 0.490 e. The van der Waals surface area contributed by atoms with Crippen molar-refractivity contribution in [3.63, 3.8) is 0 Å². The van der Waals surface area contributed by atoms with Crippen LogP contribution in [0.25, 0.3) is 6.08 Å². The van der Waals surface area contributed by atoms with Gasteiger partial charge in [-0.15, -0.1) is 11.6 Å². The van der Waals surface area contributed by atoms with E-state index in [0.29, 0.717) is 5.88 Å². The number of ether oxygens (including phenoxy) is 1. The Morgan fingerprint density at radius 3 is 2.71 bits per heavy atom. The fourth-order valence-electron chi connectivity index (χ4n) is 1.20. The maximum Gasteiger partial charge on any atom is 0.126 e. The molecule has 0 atom stereocenters. The van der Waals surface area contributed by atoms with Gasteiger partial charge in [0, 0.05) is 11.4 Å². The summed E-state index contributed by atoms with van der Waals surface area (Å²) >= 11 is 5.74. The molecule has 0 saturated heterocycles. The molecule has 2 heteroatoms. The molecular formula is C12H15ClO. The van der Waals surface area contributed by atoms with E-state index in [1.165, 1.54) is 0 Å².